The first kappa shape index (κ1) is 64.7. The molecule has 2 heteroatoms. The first-order chi connectivity index (χ1) is 54.0. The highest BCUT2D eigenvalue weighted by atomic mass is 14.9. The molecule has 0 amide bonds. The lowest BCUT2D eigenvalue weighted by Gasteiger charge is -2.31. The van der Waals surface area contributed by atoms with Crippen molar-refractivity contribution >= 4 is 59.4 Å². The van der Waals surface area contributed by atoms with Crippen LogP contribution in [-0.4, -0.2) is 9.97 Å². The summed E-state index contributed by atoms with van der Waals surface area (Å²) >= 11 is 0. The molecular formula is C107H72N2. The Morgan fingerprint density at radius 3 is 0.853 bits per heavy atom. The van der Waals surface area contributed by atoms with Crippen molar-refractivity contribution in [2.45, 2.75) is 13.3 Å². The zero-order valence-electron chi connectivity index (χ0n) is 60.3. The highest BCUT2D eigenvalue weighted by Gasteiger charge is 2.34. The minimum atomic E-state index is 0.141. The molecule has 0 aliphatic heterocycles. The Kier molecular flexibility index (Phi) is 16.3. The molecule has 0 radical (unpaired) electrons. The van der Waals surface area contributed by atoms with Gasteiger partial charge in [-0.3, -0.25) is 0 Å². The van der Waals surface area contributed by atoms with Crippen molar-refractivity contribution in [2.75, 3.05) is 0 Å². The van der Waals surface area contributed by atoms with Gasteiger partial charge in [0.2, 0.25) is 0 Å². The van der Waals surface area contributed by atoms with Crippen molar-refractivity contribution in [3.05, 3.63) is 406 Å². The average Bonchev–Trinajstić information content (AvgIpc) is 0.671. The second-order valence-corrected chi connectivity index (χ2v) is 28.9. The number of allylic oxidation sites excluding steroid dienone is 4. The molecular weight excluding hydrogens is 1310 g/mol. The van der Waals surface area contributed by atoms with Crippen molar-refractivity contribution in [2.24, 2.45) is 5.92 Å². The average molecular weight is 1390 g/mol. The molecule has 0 spiro atoms. The largest absolute Gasteiger partial charge is 0.228 e. The molecule has 0 N–H and O–H groups in total. The predicted molar refractivity (Wildman–Crippen MR) is 462 cm³/mol. The summed E-state index contributed by atoms with van der Waals surface area (Å²) in [4.78, 5) is 11.1. The van der Waals surface area contributed by atoms with Crippen molar-refractivity contribution in [1.82, 2.24) is 9.97 Å². The summed E-state index contributed by atoms with van der Waals surface area (Å²) in [5.41, 5.74) is 30.5. The summed E-state index contributed by atoms with van der Waals surface area (Å²) < 4.78 is 0. The highest BCUT2D eigenvalue weighted by Crippen LogP contribution is 2.60. The van der Waals surface area contributed by atoms with Crippen LogP contribution >= 0.6 is 0 Å². The van der Waals surface area contributed by atoms with Gasteiger partial charge in [-0.05, 0) is 225 Å². The highest BCUT2D eigenvalue weighted by molar-refractivity contribution is 6.46. The minimum absolute atomic E-state index is 0.141. The van der Waals surface area contributed by atoms with Crippen molar-refractivity contribution in [1.29, 1.82) is 0 Å². The van der Waals surface area contributed by atoms with Crippen molar-refractivity contribution < 1.29 is 0 Å². The van der Waals surface area contributed by atoms with Crippen LogP contribution in [0.3, 0.4) is 0 Å². The monoisotopic (exact) mass is 1380 g/mol. The van der Waals surface area contributed by atoms with E-state index in [9.17, 15) is 0 Å². The van der Waals surface area contributed by atoms with Crippen LogP contribution in [0.25, 0.3) is 205 Å². The molecule has 2 nitrogen and oxygen atoms in total. The lowest BCUT2D eigenvalue weighted by Crippen LogP contribution is -2.07. The van der Waals surface area contributed by atoms with E-state index < -0.39 is 0 Å². The summed E-state index contributed by atoms with van der Waals surface area (Å²) in [6, 6.07) is 141. The second-order valence-electron chi connectivity index (χ2n) is 28.9. The quantitative estimate of drug-likeness (QED) is 0.0801. The summed E-state index contributed by atoms with van der Waals surface area (Å²) in [7, 11) is 0. The van der Waals surface area contributed by atoms with Crippen LogP contribution in [0.4, 0.5) is 0 Å². The molecule has 1 aromatic heterocycles. The van der Waals surface area contributed by atoms with E-state index in [1.54, 1.807) is 0 Å². The Bertz CT molecular complexity index is 6620. The fraction of sp³-hybridized carbons (Fsp3) is 0.0280. The molecule has 0 bridgehead atoms. The van der Waals surface area contributed by atoms with Gasteiger partial charge in [0.25, 0.3) is 0 Å². The lowest BCUT2D eigenvalue weighted by molar-refractivity contribution is 0.759. The summed E-state index contributed by atoms with van der Waals surface area (Å²) in [6.45, 7) is 2.43. The van der Waals surface area contributed by atoms with E-state index >= 15 is 0 Å². The number of hydrogen-bond donors (Lipinski definition) is 0. The smallest absolute Gasteiger partial charge is 0.160 e. The number of hydrogen-bond acceptors (Lipinski definition) is 2. The van der Waals surface area contributed by atoms with Gasteiger partial charge in [0.05, 0.1) is 11.4 Å². The molecule has 0 saturated carbocycles. The third-order valence-electron chi connectivity index (χ3n) is 22.4. The van der Waals surface area contributed by atoms with Gasteiger partial charge in [-0.1, -0.05) is 371 Å². The van der Waals surface area contributed by atoms with Gasteiger partial charge in [0.15, 0.2) is 5.82 Å². The number of benzene rings is 18. The van der Waals surface area contributed by atoms with Crippen LogP contribution in [0.5, 0.6) is 0 Å². The Labute approximate surface area is 635 Å². The third kappa shape index (κ3) is 11.4. The van der Waals surface area contributed by atoms with Gasteiger partial charge in [0, 0.05) is 16.7 Å². The molecule has 18 aromatic carbocycles. The van der Waals surface area contributed by atoms with Crippen LogP contribution in [-0.2, 0) is 0 Å². The Morgan fingerprint density at radius 2 is 0.477 bits per heavy atom. The maximum absolute atomic E-state index is 5.54. The molecule has 20 rings (SSSR count). The number of fused-ring (bicyclic) bond motifs is 6. The molecule has 0 fully saturated rings. The first-order valence-electron chi connectivity index (χ1n) is 37.9. The van der Waals surface area contributed by atoms with Gasteiger partial charge >= 0.3 is 0 Å². The zero-order valence-corrected chi connectivity index (χ0v) is 60.3. The summed E-state index contributed by atoms with van der Waals surface area (Å²) in [5, 5.41) is 12.0. The normalized spacial score (nSPS) is 12.9. The number of nitrogens with zero attached hydrogens (tertiary/aromatic N) is 2. The van der Waals surface area contributed by atoms with Crippen LogP contribution in [0, 0.1) is 5.92 Å². The minimum Gasteiger partial charge on any atom is -0.228 e. The maximum Gasteiger partial charge on any atom is 0.160 e. The van der Waals surface area contributed by atoms with Crippen LogP contribution in [0.1, 0.15) is 18.9 Å². The number of aromatic nitrogens is 2. The van der Waals surface area contributed by atoms with Gasteiger partial charge in [0.1, 0.15) is 0 Å². The third-order valence-corrected chi connectivity index (χ3v) is 22.4. The van der Waals surface area contributed by atoms with Crippen LogP contribution < -0.4 is 0 Å². The van der Waals surface area contributed by atoms with Gasteiger partial charge in [-0.15, -0.1) is 0 Å². The van der Waals surface area contributed by atoms with Crippen molar-refractivity contribution in [3.8, 4) is 145 Å². The molecule has 1 aliphatic carbocycles. The summed E-state index contributed by atoms with van der Waals surface area (Å²) in [6.07, 6.45) is 7.95. The molecule has 1 unspecified atom stereocenters. The second kappa shape index (κ2) is 27.5. The molecule has 109 heavy (non-hydrogen) atoms. The molecule has 1 heterocycles. The Balaban J connectivity index is 1.01. The van der Waals surface area contributed by atoms with E-state index in [-0.39, 0.29) is 5.92 Å². The van der Waals surface area contributed by atoms with Crippen LogP contribution in [0.2, 0.25) is 0 Å². The Hall–Kier alpha value is -13.9. The van der Waals surface area contributed by atoms with E-state index in [1.165, 1.54) is 126 Å². The standard InChI is InChI=1S/C107H72N2/c1-69-35-29-30-58-86(69)102-97(78-52-27-10-28-53-78)98(80-55-31-54-79(63-80)85-66-83(70-36-11-2-12-37-70)65-84(67-85)71-38-13-3-14-39-71)105-89-61-33-59-87-100(89)101-88(104-96(77-50-25-9-26-51-77)94(75-46-21-7-22-47-75)93(74-44-19-6-20-45-74)95(103(87)104)76-48-23-8-24-49-76)60-34-62-90(101)106(105)99(102)81-56-32-57-82(64-81)107-108-91(72-40-15-4-16-41-72)68-92(109-107)73-42-17-5-18-43-73/h2-34,36-69H,35H2,1H3. The van der Waals surface area contributed by atoms with Crippen molar-refractivity contribution in [3.63, 3.8) is 0 Å². The van der Waals surface area contributed by atoms with Gasteiger partial charge in [-0.25, -0.2) is 9.97 Å². The summed E-state index contributed by atoms with van der Waals surface area (Å²) in [5.74, 6) is 0.798. The lowest BCUT2D eigenvalue weighted by atomic mass is 9.72. The molecule has 0 saturated heterocycles. The van der Waals surface area contributed by atoms with E-state index in [2.05, 4.69) is 407 Å². The Morgan fingerprint density at radius 1 is 0.211 bits per heavy atom. The van der Waals surface area contributed by atoms with E-state index in [0.717, 1.165) is 84.6 Å². The molecule has 510 valence electrons. The maximum atomic E-state index is 5.54. The molecule has 19 aromatic rings. The fourth-order valence-electron chi connectivity index (χ4n) is 17.6. The fourth-order valence-corrected chi connectivity index (χ4v) is 17.6. The van der Waals surface area contributed by atoms with Crippen LogP contribution in [0.15, 0.2) is 400 Å². The molecule has 1 aliphatic rings. The van der Waals surface area contributed by atoms with Gasteiger partial charge in [-0.2, -0.15) is 0 Å². The first-order valence-corrected chi connectivity index (χ1v) is 37.9. The van der Waals surface area contributed by atoms with E-state index in [0.29, 0.717) is 5.82 Å². The van der Waals surface area contributed by atoms with E-state index in [4.69, 9.17) is 9.97 Å². The van der Waals surface area contributed by atoms with E-state index in [1.807, 2.05) is 0 Å². The SMILES string of the molecule is CC1CC=CC=C1c1c(-c2ccccc2)c(-c2cccc(-c3cc(-c4ccccc4)cc(-c4ccccc4)c3)c2)c2c3cccc4c5c(-c6ccccc6)c(-c6ccccc6)c(-c6ccccc6)c(-c6ccccc6)c5c5cccc(c2c1-c1cccc(-c2nc(-c6ccccc6)cc(-c6ccccc6)n2)c1)c5c34. The number of rotatable bonds is 14. The molecule has 1 atom stereocenters. The topological polar surface area (TPSA) is 25.8 Å². The predicted octanol–water partition coefficient (Wildman–Crippen LogP) is 29.3. The van der Waals surface area contributed by atoms with Gasteiger partial charge < -0.3 is 0 Å². The zero-order chi connectivity index (χ0) is 72.3.